The largest absolute Gasteiger partial charge is 0.390 e. The normalized spacial score (nSPS) is 18.3. The van der Waals surface area contributed by atoms with Gasteiger partial charge in [-0.15, -0.1) is 6.58 Å². The maximum absolute atomic E-state index is 11.3. The van der Waals surface area contributed by atoms with Crippen LogP contribution in [0.3, 0.4) is 0 Å². The van der Waals surface area contributed by atoms with Crippen LogP contribution in [0.2, 0.25) is 0 Å². The number of β-amino-alcohol motifs (C(OH)–C–C–N with tert-alkyl or cyclic N) is 1. The number of hydrogen-bond donors (Lipinski definition) is 3. The van der Waals surface area contributed by atoms with Crippen LogP contribution in [-0.2, 0) is 0 Å². The molecule has 0 radical (unpaired) electrons. The van der Waals surface area contributed by atoms with Crippen molar-refractivity contribution >= 4 is 15.9 Å². The minimum atomic E-state index is -0.706. The molecule has 0 aromatic carbocycles. The zero-order chi connectivity index (χ0) is 21.7. The van der Waals surface area contributed by atoms with E-state index in [0.29, 0.717) is 6.54 Å². The van der Waals surface area contributed by atoms with E-state index in [2.05, 4.69) is 47.4 Å². The number of rotatable bonds is 11. The van der Waals surface area contributed by atoms with Crippen LogP contribution in [0.25, 0.3) is 0 Å². The highest BCUT2D eigenvalue weighted by molar-refractivity contribution is 9.11. The molecule has 0 aromatic heterocycles. The number of halogens is 3. The molecule has 1 aliphatic carbocycles. The van der Waals surface area contributed by atoms with E-state index in [1.54, 1.807) is 0 Å². The van der Waals surface area contributed by atoms with Gasteiger partial charge >= 0.3 is 0 Å². The van der Waals surface area contributed by atoms with E-state index in [0.717, 1.165) is 41.8 Å². The predicted octanol–water partition coefficient (Wildman–Crippen LogP) is 5.39. The fourth-order valence-corrected chi connectivity index (χ4v) is 2.61. The number of hydrogen-bond acceptors (Lipinski definition) is 3. The molecular formula is C22H35BrF2N2O. The van der Waals surface area contributed by atoms with Crippen LogP contribution < -0.4 is 11.1 Å². The van der Waals surface area contributed by atoms with Crippen molar-refractivity contribution in [2.75, 3.05) is 13.2 Å². The van der Waals surface area contributed by atoms with Crippen molar-refractivity contribution in [2.45, 2.75) is 64.1 Å². The van der Waals surface area contributed by atoms with Crippen LogP contribution in [0.4, 0.5) is 8.78 Å². The fraction of sp³-hybridized carbons (Fsp3) is 0.545. The topological polar surface area (TPSA) is 58.3 Å². The van der Waals surface area contributed by atoms with Crippen molar-refractivity contribution in [1.29, 1.82) is 0 Å². The molecule has 3 nitrogen and oxygen atoms in total. The first kappa shape index (κ1) is 26.9. The van der Waals surface area contributed by atoms with Crippen molar-refractivity contribution in [3.05, 3.63) is 58.9 Å². The van der Waals surface area contributed by atoms with Gasteiger partial charge in [0.2, 0.25) is 0 Å². The summed E-state index contributed by atoms with van der Waals surface area (Å²) in [6.07, 6.45) is 10.2. The van der Waals surface area contributed by atoms with Crippen molar-refractivity contribution in [1.82, 2.24) is 5.32 Å². The summed E-state index contributed by atoms with van der Waals surface area (Å²) in [5, 5.41) is 13.7. The second-order valence-electron chi connectivity index (χ2n) is 7.29. The highest BCUT2D eigenvalue weighted by Crippen LogP contribution is 2.42. The van der Waals surface area contributed by atoms with Crippen LogP contribution >= 0.6 is 15.9 Å². The first-order valence-corrected chi connectivity index (χ1v) is 10.2. The van der Waals surface area contributed by atoms with E-state index in [1.165, 1.54) is 12.5 Å². The molecular weight excluding hydrogens is 426 g/mol. The number of nitrogens with two attached hydrogens (primary N) is 1. The Hall–Kier alpha value is -1.08. The highest BCUT2D eigenvalue weighted by Gasteiger charge is 2.43. The highest BCUT2D eigenvalue weighted by atomic mass is 79.9. The fourth-order valence-electron chi connectivity index (χ4n) is 2.45. The molecule has 4 N–H and O–H groups in total. The molecule has 1 aliphatic rings. The van der Waals surface area contributed by atoms with Gasteiger partial charge in [0.05, 0.1) is 11.9 Å². The molecule has 0 heterocycles. The minimum absolute atomic E-state index is 0.0348. The number of aliphatic hydroxyl groups excluding tert-OH is 1. The monoisotopic (exact) mass is 460 g/mol. The lowest BCUT2D eigenvalue weighted by Crippen LogP contribution is -2.45. The summed E-state index contributed by atoms with van der Waals surface area (Å²) in [6, 6.07) is -0.207. The molecule has 1 saturated carbocycles. The van der Waals surface area contributed by atoms with Gasteiger partial charge in [0, 0.05) is 22.6 Å². The average Bonchev–Trinajstić information content (AvgIpc) is 3.38. The predicted molar refractivity (Wildman–Crippen MR) is 120 cm³/mol. The smallest absolute Gasteiger partial charge is 0.110 e. The van der Waals surface area contributed by atoms with Gasteiger partial charge in [0.1, 0.15) is 6.67 Å². The summed E-state index contributed by atoms with van der Waals surface area (Å²) >= 11 is 3.30. The molecule has 0 spiro atoms. The van der Waals surface area contributed by atoms with E-state index in [-0.39, 0.29) is 11.6 Å². The average molecular weight is 461 g/mol. The molecule has 0 aliphatic heterocycles. The lowest BCUT2D eigenvalue weighted by Gasteiger charge is -2.24. The van der Waals surface area contributed by atoms with Gasteiger partial charge in [-0.1, -0.05) is 45.8 Å². The molecule has 0 amide bonds. The molecule has 2 unspecified atom stereocenters. The molecule has 0 saturated heterocycles. The maximum atomic E-state index is 11.3. The minimum Gasteiger partial charge on any atom is -0.390 e. The van der Waals surface area contributed by atoms with E-state index in [9.17, 15) is 13.9 Å². The summed E-state index contributed by atoms with van der Waals surface area (Å²) in [4.78, 5) is 0. The SMILES string of the molecule is C/C(F)=C\CF.C=C(Br)/C=C\C=C(/C)C1(NCC(O)C(N)CCC(=C)C)CC1. The Bertz CT molecular complexity index is 591. The second kappa shape index (κ2) is 14.0. The Kier molecular flexibility index (Phi) is 13.5. The molecule has 1 fully saturated rings. The van der Waals surface area contributed by atoms with E-state index in [1.807, 2.05) is 19.1 Å². The summed E-state index contributed by atoms with van der Waals surface area (Å²) < 4.78 is 23.1. The number of allylic oxidation sites excluding steroid dienone is 7. The van der Waals surface area contributed by atoms with Crippen LogP contribution in [0.5, 0.6) is 0 Å². The van der Waals surface area contributed by atoms with Gasteiger partial charge in [-0.3, -0.25) is 0 Å². The number of alkyl halides is 1. The third kappa shape index (κ3) is 12.4. The van der Waals surface area contributed by atoms with Crippen LogP contribution in [0, 0.1) is 0 Å². The van der Waals surface area contributed by atoms with Crippen LogP contribution in [0.15, 0.2) is 58.9 Å². The third-order valence-electron chi connectivity index (χ3n) is 4.53. The van der Waals surface area contributed by atoms with Gasteiger partial charge in [-0.2, -0.15) is 0 Å². The summed E-state index contributed by atoms with van der Waals surface area (Å²) in [7, 11) is 0. The van der Waals surface area contributed by atoms with Crippen molar-refractivity contribution in [3.63, 3.8) is 0 Å². The molecule has 28 heavy (non-hydrogen) atoms. The lowest BCUT2D eigenvalue weighted by molar-refractivity contribution is 0.134. The standard InChI is InChI=1S/C18H29BrN2O.C4H6F2/c1-13(2)8-9-16(20)17(22)12-21-18(10-11-18)14(3)6-5-7-15(4)19;1-4(6)2-3-5/h5-7,16-17,21-22H,1,4,8-12,20H2,2-3H3;2H,3H2,1H3/b7-5-,14-6+;4-2+. The van der Waals surface area contributed by atoms with Crippen LogP contribution in [-0.4, -0.2) is 36.0 Å². The Balaban J connectivity index is 0.00000105. The third-order valence-corrected chi connectivity index (χ3v) is 4.80. The molecule has 160 valence electrons. The van der Waals surface area contributed by atoms with Crippen LogP contribution in [0.1, 0.15) is 46.5 Å². The zero-order valence-corrected chi connectivity index (χ0v) is 18.9. The zero-order valence-electron chi connectivity index (χ0n) is 17.3. The summed E-state index contributed by atoms with van der Waals surface area (Å²) in [6.45, 7) is 12.8. The molecule has 1 rings (SSSR count). The van der Waals surface area contributed by atoms with Gasteiger partial charge in [0.25, 0.3) is 0 Å². The van der Waals surface area contributed by atoms with E-state index < -0.39 is 18.6 Å². The molecule has 6 heteroatoms. The Morgan fingerprint density at radius 3 is 2.32 bits per heavy atom. The lowest BCUT2D eigenvalue weighted by atomic mass is 10.0. The van der Waals surface area contributed by atoms with E-state index in [4.69, 9.17) is 5.73 Å². The summed E-state index contributed by atoms with van der Waals surface area (Å²) in [5.74, 6) is -0.461. The van der Waals surface area contributed by atoms with Gasteiger partial charge in [0.15, 0.2) is 0 Å². The van der Waals surface area contributed by atoms with Crippen molar-refractivity contribution < 1.29 is 13.9 Å². The first-order chi connectivity index (χ1) is 13.0. The van der Waals surface area contributed by atoms with E-state index >= 15 is 0 Å². The van der Waals surface area contributed by atoms with Crippen molar-refractivity contribution in [2.24, 2.45) is 5.73 Å². The number of aliphatic hydroxyl groups is 1. The van der Waals surface area contributed by atoms with Gasteiger partial charge < -0.3 is 16.2 Å². The van der Waals surface area contributed by atoms with Crippen molar-refractivity contribution in [3.8, 4) is 0 Å². The number of nitrogens with one attached hydrogen (secondary N) is 1. The Morgan fingerprint density at radius 1 is 1.32 bits per heavy atom. The summed E-state index contributed by atoms with van der Waals surface area (Å²) in [5.41, 5.74) is 8.45. The maximum Gasteiger partial charge on any atom is 0.110 e. The Labute approximate surface area is 177 Å². The first-order valence-electron chi connectivity index (χ1n) is 9.45. The second-order valence-corrected chi connectivity index (χ2v) is 8.31. The van der Waals surface area contributed by atoms with Gasteiger partial charge in [-0.25, -0.2) is 8.78 Å². The quantitative estimate of drug-likeness (QED) is 0.286. The molecule has 0 bridgehead atoms. The molecule has 2 atom stereocenters. The Morgan fingerprint density at radius 2 is 1.93 bits per heavy atom. The molecule has 0 aromatic rings. The van der Waals surface area contributed by atoms with Gasteiger partial charge in [-0.05, 0) is 58.6 Å².